The van der Waals surface area contributed by atoms with Crippen molar-refractivity contribution in [2.24, 2.45) is 0 Å². The lowest BCUT2D eigenvalue weighted by Gasteiger charge is -2.16. The first kappa shape index (κ1) is 10.5. The largest absolute Gasteiger partial charge is 0.503 e. The van der Waals surface area contributed by atoms with Crippen molar-refractivity contribution < 1.29 is 13.9 Å². The van der Waals surface area contributed by atoms with E-state index in [0.29, 0.717) is 0 Å². The maximum atomic E-state index is 12.9. The third-order valence-corrected chi connectivity index (χ3v) is 2.02. The zero-order chi connectivity index (χ0) is 10.9. The molecule has 0 fully saturated rings. The molecule has 1 rings (SSSR count). The van der Waals surface area contributed by atoms with E-state index in [-0.39, 0.29) is 5.56 Å². The van der Waals surface area contributed by atoms with Crippen molar-refractivity contribution in [1.29, 1.82) is 5.26 Å². The van der Waals surface area contributed by atoms with Gasteiger partial charge in [0, 0.05) is 0 Å². The first-order valence-electron chi connectivity index (χ1n) is 3.98. The zero-order valence-electron chi connectivity index (χ0n) is 7.81. The molecule has 0 spiro atoms. The second kappa shape index (κ2) is 3.26. The fraction of sp³-hybridized carbons (Fsp3) is 0.300. The SMILES string of the molecule is CC(C)(C#N)c1cc(F)c(O)c(F)c1. The van der Waals surface area contributed by atoms with E-state index in [4.69, 9.17) is 10.4 Å². The lowest BCUT2D eigenvalue weighted by molar-refractivity contribution is 0.394. The highest BCUT2D eigenvalue weighted by atomic mass is 19.1. The molecule has 2 nitrogen and oxygen atoms in total. The topological polar surface area (TPSA) is 44.0 Å². The molecule has 0 bridgehead atoms. The van der Waals surface area contributed by atoms with Crippen LogP contribution in [0.15, 0.2) is 12.1 Å². The minimum Gasteiger partial charge on any atom is -0.503 e. The molecule has 0 saturated heterocycles. The fourth-order valence-electron chi connectivity index (χ4n) is 0.991. The zero-order valence-corrected chi connectivity index (χ0v) is 7.81. The molecule has 0 aliphatic carbocycles. The maximum Gasteiger partial charge on any atom is 0.187 e. The lowest BCUT2D eigenvalue weighted by Crippen LogP contribution is -2.14. The first-order valence-corrected chi connectivity index (χ1v) is 3.98. The van der Waals surface area contributed by atoms with E-state index < -0.39 is 22.8 Å². The molecular weight excluding hydrogens is 188 g/mol. The van der Waals surface area contributed by atoms with E-state index in [2.05, 4.69) is 0 Å². The van der Waals surface area contributed by atoms with Gasteiger partial charge in [0.2, 0.25) is 0 Å². The van der Waals surface area contributed by atoms with Gasteiger partial charge in [-0.1, -0.05) is 0 Å². The van der Waals surface area contributed by atoms with Crippen LogP contribution >= 0.6 is 0 Å². The minimum atomic E-state index is -1.05. The number of phenolic OH excluding ortho intramolecular Hbond substituents is 1. The maximum absolute atomic E-state index is 12.9. The third kappa shape index (κ3) is 1.67. The van der Waals surface area contributed by atoms with Crippen LogP contribution in [0.3, 0.4) is 0 Å². The van der Waals surface area contributed by atoms with Crippen molar-refractivity contribution in [3.63, 3.8) is 0 Å². The van der Waals surface area contributed by atoms with Gasteiger partial charge in [-0.3, -0.25) is 0 Å². The van der Waals surface area contributed by atoms with Crippen LogP contribution in [0, 0.1) is 23.0 Å². The van der Waals surface area contributed by atoms with Crippen LogP contribution in [0.1, 0.15) is 19.4 Å². The lowest BCUT2D eigenvalue weighted by atomic mass is 9.86. The summed E-state index contributed by atoms with van der Waals surface area (Å²) in [5.74, 6) is -3.12. The van der Waals surface area contributed by atoms with E-state index in [1.54, 1.807) is 0 Å². The van der Waals surface area contributed by atoms with E-state index in [9.17, 15) is 8.78 Å². The average Bonchev–Trinajstić information content (AvgIpc) is 2.13. The molecular formula is C10H9F2NO. The summed E-state index contributed by atoms with van der Waals surface area (Å²) in [5.41, 5.74) is -0.775. The molecule has 0 saturated carbocycles. The summed E-state index contributed by atoms with van der Waals surface area (Å²) in [4.78, 5) is 0. The van der Waals surface area contributed by atoms with Crippen LogP contribution in [-0.4, -0.2) is 5.11 Å². The molecule has 0 amide bonds. The highest BCUT2D eigenvalue weighted by Gasteiger charge is 2.23. The van der Waals surface area contributed by atoms with Crippen LogP contribution in [0.25, 0.3) is 0 Å². The van der Waals surface area contributed by atoms with Gasteiger partial charge in [0.15, 0.2) is 17.4 Å². The number of nitriles is 1. The Labute approximate surface area is 80.4 Å². The van der Waals surface area contributed by atoms with Gasteiger partial charge in [-0.15, -0.1) is 0 Å². The summed E-state index contributed by atoms with van der Waals surface area (Å²) >= 11 is 0. The number of rotatable bonds is 1. The molecule has 14 heavy (non-hydrogen) atoms. The average molecular weight is 197 g/mol. The number of hydrogen-bond donors (Lipinski definition) is 1. The summed E-state index contributed by atoms with van der Waals surface area (Å²) in [5, 5.41) is 17.6. The van der Waals surface area contributed by atoms with Crippen molar-refractivity contribution in [2.75, 3.05) is 0 Å². The molecule has 74 valence electrons. The predicted octanol–water partition coefficient (Wildman–Crippen LogP) is 2.47. The van der Waals surface area contributed by atoms with Gasteiger partial charge in [0.25, 0.3) is 0 Å². The minimum absolute atomic E-state index is 0.202. The van der Waals surface area contributed by atoms with Gasteiger partial charge in [-0.05, 0) is 31.5 Å². The Morgan fingerprint density at radius 2 is 1.71 bits per heavy atom. The number of nitrogens with zero attached hydrogens (tertiary/aromatic N) is 1. The Balaban J connectivity index is 3.35. The van der Waals surface area contributed by atoms with Crippen molar-refractivity contribution in [3.8, 4) is 11.8 Å². The Morgan fingerprint density at radius 3 is 2.07 bits per heavy atom. The fourth-order valence-corrected chi connectivity index (χ4v) is 0.991. The second-order valence-corrected chi connectivity index (χ2v) is 3.53. The summed E-state index contributed by atoms with van der Waals surface area (Å²) in [6.07, 6.45) is 0. The number of halogens is 2. The van der Waals surface area contributed by atoms with Gasteiger partial charge in [-0.2, -0.15) is 5.26 Å². The van der Waals surface area contributed by atoms with Crippen LogP contribution in [0.2, 0.25) is 0 Å². The highest BCUT2D eigenvalue weighted by Crippen LogP contribution is 2.28. The van der Waals surface area contributed by atoms with Crippen LogP contribution in [-0.2, 0) is 5.41 Å². The smallest absolute Gasteiger partial charge is 0.187 e. The van der Waals surface area contributed by atoms with Gasteiger partial charge >= 0.3 is 0 Å². The number of hydrogen-bond acceptors (Lipinski definition) is 2. The molecule has 0 aliphatic rings. The first-order chi connectivity index (χ1) is 6.38. The van der Waals surface area contributed by atoms with Gasteiger partial charge in [0.05, 0.1) is 11.5 Å². The van der Waals surface area contributed by atoms with E-state index >= 15 is 0 Å². The highest BCUT2D eigenvalue weighted by molar-refractivity contribution is 5.36. The summed E-state index contributed by atoms with van der Waals surface area (Å²) in [7, 11) is 0. The molecule has 0 aliphatic heterocycles. The predicted molar refractivity (Wildman–Crippen MR) is 46.7 cm³/mol. The normalized spacial score (nSPS) is 11.1. The summed E-state index contributed by atoms with van der Waals surface area (Å²) < 4.78 is 25.8. The standard InChI is InChI=1S/C10H9F2NO/c1-10(2,5-13)6-3-7(11)9(14)8(12)4-6/h3-4,14H,1-2H3. The van der Waals surface area contributed by atoms with E-state index in [0.717, 1.165) is 12.1 Å². The van der Waals surface area contributed by atoms with Crippen LogP contribution < -0.4 is 0 Å². The van der Waals surface area contributed by atoms with Gasteiger partial charge in [0.1, 0.15) is 0 Å². The number of phenols is 1. The molecule has 1 N–H and O–H groups in total. The molecule has 0 atom stereocenters. The number of benzene rings is 1. The van der Waals surface area contributed by atoms with Gasteiger partial charge in [-0.25, -0.2) is 8.78 Å². The van der Waals surface area contributed by atoms with Crippen molar-refractivity contribution in [3.05, 3.63) is 29.3 Å². The molecule has 0 radical (unpaired) electrons. The van der Waals surface area contributed by atoms with Crippen molar-refractivity contribution >= 4 is 0 Å². The van der Waals surface area contributed by atoms with E-state index in [1.165, 1.54) is 13.8 Å². The molecule has 0 aromatic heterocycles. The van der Waals surface area contributed by atoms with Crippen molar-refractivity contribution in [2.45, 2.75) is 19.3 Å². The monoisotopic (exact) mass is 197 g/mol. The van der Waals surface area contributed by atoms with E-state index in [1.807, 2.05) is 6.07 Å². The van der Waals surface area contributed by atoms with Gasteiger partial charge < -0.3 is 5.11 Å². The molecule has 0 unspecified atom stereocenters. The molecule has 1 aromatic rings. The quantitative estimate of drug-likeness (QED) is 0.751. The third-order valence-electron chi connectivity index (χ3n) is 2.02. The second-order valence-electron chi connectivity index (χ2n) is 3.53. The Bertz CT molecular complexity index is 384. The Hall–Kier alpha value is -1.63. The molecule has 4 heteroatoms. The molecule has 0 heterocycles. The van der Waals surface area contributed by atoms with Crippen LogP contribution in [0.4, 0.5) is 8.78 Å². The van der Waals surface area contributed by atoms with Crippen molar-refractivity contribution in [1.82, 2.24) is 0 Å². The summed E-state index contributed by atoms with van der Waals surface area (Å²) in [6, 6.07) is 3.84. The summed E-state index contributed by atoms with van der Waals surface area (Å²) in [6.45, 7) is 3.08. The molecule has 1 aromatic carbocycles. The number of aromatic hydroxyl groups is 1. The Kier molecular flexibility index (Phi) is 2.43. The van der Waals surface area contributed by atoms with Crippen LogP contribution in [0.5, 0.6) is 5.75 Å². The Morgan fingerprint density at radius 1 is 1.29 bits per heavy atom.